The molecular weight excluding hydrogens is 369 g/mol. The van der Waals surface area contributed by atoms with Crippen LogP contribution < -0.4 is 10.2 Å². The van der Waals surface area contributed by atoms with Crippen LogP contribution in [0.15, 0.2) is 18.2 Å². The number of anilines is 2. The smallest absolute Gasteiger partial charge is 0.227 e. The van der Waals surface area contributed by atoms with Crippen molar-refractivity contribution < 1.29 is 9.18 Å². The topological polar surface area (TPSA) is 81.9 Å². The van der Waals surface area contributed by atoms with Crippen molar-refractivity contribution in [2.24, 2.45) is 5.92 Å². The van der Waals surface area contributed by atoms with Crippen LogP contribution in [0.5, 0.6) is 0 Å². The summed E-state index contributed by atoms with van der Waals surface area (Å²) in [7, 11) is 0. The lowest BCUT2D eigenvalue weighted by atomic mass is 9.95. The number of aromatic nitrogens is 2. The standard InChI is InChI=1S/C19H19ClFN5O/c1-11-12(2)24-25-18(15(11)10-22)26-7-5-13(6-8-26)19(27)23-14-3-4-17(21)16(20)9-14/h3-4,9,13H,5-8H2,1-2H3,(H,23,27). The minimum absolute atomic E-state index is 0.0278. The molecule has 1 aliphatic rings. The zero-order valence-electron chi connectivity index (χ0n) is 15.1. The average Bonchev–Trinajstić information content (AvgIpc) is 2.67. The number of piperidine rings is 1. The van der Waals surface area contributed by atoms with Crippen LogP contribution in [0.3, 0.4) is 0 Å². The highest BCUT2D eigenvalue weighted by molar-refractivity contribution is 6.31. The maximum Gasteiger partial charge on any atom is 0.227 e. The molecule has 3 rings (SSSR count). The van der Waals surface area contributed by atoms with E-state index in [1.165, 1.54) is 18.2 Å². The van der Waals surface area contributed by atoms with Gasteiger partial charge in [-0.1, -0.05) is 11.6 Å². The van der Waals surface area contributed by atoms with Crippen molar-refractivity contribution in [3.8, 4) is 6.07 Å². The summed E-state index contributed by atoms with van der Waals surface area (Å²) in [5.74, 6) is -0.241. The lowest BCUT2D eigenvalue weighted by Crippen LogP contribution is -2.39. The highest BCUT2D eigenvalue weighted by Crippen LogP contribution is 2.27. The van der Waals surface area contributed by atoms with Gasteiger partial charge in [0.25, 0.3) is 0 Å². The molecule has 1 N–H and O–H groups in total. The summed E-state index contributed by atoms with van der Waals surface area (Å²) in [6.07, 6.45) is 1.25. The molecule has 0 unspecified atom stereocenters. The van der Waals surface area contributed by atoms with E-state index in [2.05, 4.69) is 21.6 Å². The van der Waals surface area contributed by atoms with Crippen molar-refractivity contribution in [1.82, 2.24) is 10.2 Å². The minimum atomic E-state index is -0.522. The number of hydrogen-bond donors (Lipinski definition) is 1. The monoisotopic (exact) mass is 387 g/mol. The summed E-state index contributed by atoms with van der Waals surface area (Å²) < 4.78 is 13.2. The molecule has 1 aromatic carbocycles. The summed E-state index contributed by atoms with van der Waals surface area (Å²) in [5.41, 5.74) is 2.57. The number of halogens is 2. The predicted octanol–water partition coefficient (Wildman–Crippen LogP) is 3.61. The quantitative estimate of drug-likeness (QED) is 0.869. The summed E-state index contributed by atoms with van der Waals surface area (Å²) >= 11 is 5.75. The molecule has 0 atom stereocenters. The Bertz CT molecular complexity index is 919. The number of carbonyl (C=O) groups is 1. The Balaban J connectivity index is 1.65. The number of carbonyl (C=O) groups excluding carboxylic acids is 1. The molecule has 0 saturated carbocycles. The average molecular weight is 388 g/mol. The second kappa shape index (κ2) is 7.89. The van der Waals surface area contributed by atoms with Gasteiger partial charge in [0.15, 0.2) is 5.82 Å². The number of amides is 1. The molecule has 0 radical (unpaired) electrons. The van der Waals surface area contributed by atoms with Gasteiger partial charge in [-0.15, -0.1) is 5.10 Å². The summed E-state index contributed by atoms with van der Waals surface area (Å²) in [6, 6.07) is 6.32. The number of benzene rings is 1. The molecular formula is C19H19ClFN5O. The van der Waals surface area contributed by atoms with E-state index < -0.39 is 5.82 Å². The molecule has 8 heteroatoms. The van der Waals surface area contributed by atoms with Crippen LogP contribution in [0.4, 0.5) is 15.9 Å². The Labute approximate surface area is 162 Å². The maximum absolute atomic E-state index is 13.2. The number of nitrogens with zero attached hydrogens (tertiary/aromatic N) is 4. The van der Waals surface area contributed by atoms with Gasteiger partial charge in [-0.05, 0) is 50.5 Å². The first kappa shape index (κ1) is 19.1. The summed E-state index contributed by atoms with van der Waals surface area (Å²) in [6.45, 7) is 4.90. The van der Waals surface area contributed by atoms with Gasteiger partial charge in [-0.2, -0.15) is 10.4 Å². The lowest BCUT2D eigenvalue weighted by molar-refractivity contribution is -0.120. The zero-order valence-corrected chi connectivity index (χ0v) is 15.8. The van der Waals surface area contributed by atoms with Crippen LogP contribution in [0, 0.1) is 36.9 Å². The van der Waals surface area contributed by atoms with Crippen LogP contribution in [0.25, 0.3) is 0 Å². The number of rotatable bonds is 3. The molecule has 1 saturated heterocycles. The number of nitriles is 1. The van der Waals surface area contributed by atoms with Crippen LogP contribution in [-0.2, 0) is 4.79 Å². The lowest BCUT2D eigenvalue weighted by Gasteiger charge is -2.32. The third-order valence-corrected chi connectivity index (χ3v) is 5.19. The van der Waals surface area contributed by atoms with Crippen LogP contribution in [0.1, 0.15) is 29.7 Å². The molecule has 2 aromatic rings. The molecule has 1 aromatic heterocycles. The summed E-state index contributed by atoms with van der Waals surface area (Å²) in [5, 5.41) is 20.5. The Kier molecular flexibility index (Phi) is 5.57. The predicted molar refractivity (Wildman–Crippen MR) is 101 cm³/mol. The Morgan fingerprint density at radius 1 is 1.33 bits per heavy atom. The van der Waals surface area contributed by atoms with Crippen molar-refractivity contribution in [1.29, 1.82) is 5.26 Å². The van der Waals surface area contributed by atoms with E-state index in [1.54, 1.807) is 0 Å². The van der Waals surface area contributed by atoms with Crippen LogP contribution >= 0.6 is 11.6 Å². The van der Waals surface area contributed by atoms with Crippen molar-refractivity contribution in [3.05, 3.63) is 45.9 Å². The molecule has 1 aliphatic heterocycles. The van der Waals surface area contributed by atoms with Gasteiger partial charge in [0.1, 0.15) is 17.4 Å². The van der Waals surface area contributed by atoms with E-state index in [0.29, 0.717) is 43.0 Å². The highest BCUT2D eigenvalue weighted by atomic mass is 35.5. The molecule has 140 valence electrons. The van der Waals surface area contributed by atoms with Crippen molar-refractivity contribution in [2.45, 2.75) is 26.7 Å². The zero-order chi connectivity index (χ0) is 19.6. The molecule has 2 heterocycles. The first-order valence-electron chi connectivity index (χ1n) is 8.65. The van der Waals surface area contributed by atoms with E-state index in [4.69, 9.17) is 11.6 Å². The molecule has 1 amide bonds. The first-order valence-corrected chi connectivity index (χ1v) is 9.03. The molecule has 0 spiro atoms. The fourth-order valence-corrected chi connectivity index (χ4v) is 3.30. The molecule has 0 aliphatic carbocycles. The second-order valence-electron chi connectivity index (χ2n) is 6.60. The highest BCUT2D eigenvalue weighted by Gasteiger charge is 2.27. The van der Waals surface area contributed by atoms with Crippen LogP contribution in [-0.4, -0.2) is 29.2 Å². The van der Waals surface area contributed by atoms with Crippen LogP contribution in [0.2, 0.25) is 5.02 Å². The Hall–Kier alpha value is -2.72. The van der Waals surface area contributed by atoms with E-state index in [-0.39, 0.29) is 16.8 Å². The Morgan fingerprint density at radius 3 is 2.67 bits per heavy atom. The Morgan fingerprint density at radius 2 is 2.04 bits per heavy atom. The first-order chi connectivity index (χ1) is 12.9. The van der Waals surface area contributed by atoms with Crippen molar-refractivity contribution in [2.75, 3.05) is 23.3 Å². The summed E-state index contributed by atoms with van der Waals surface area (Å²) in [4.78, 5) is 14.5. The van der Waals surface area contributed by atoms with Gasteiger partial charge in [0.2, 0.25) is 5.91 Å². The fourth-order valence-electron chi connectivity index (χ4n) is 3.12. The van der Waals surface area contributed by atoms with Gasteiger partial charge in [-0.3, -0.25) is 4.79 Å². The molecule has 6 nitrogen and oxygen atoms in total. The molecule has 1 fully saturated rings. The molecule has 27 heavy (non-hydrogen) atoms. The van der Waals surface area contributed by atoms with E-state index in [0.717, 1.165) is 11.3 Å². The van der Waals surface area contributed by atoms with E-state index in [1.807, 2.05) is 18.7 Å². The van der Waals surface area contributed by atoms with E-state index in [9.17, 15) is 14.4 Å². The normalized spacial score (nSPS) is 14.7. The van der Waals surface area contributed by atoms with Crippen molar-refractivity contribution >= 4 is 29.0 Å². The number of nitrogens with one attached hydrogen (secondary N) is 1. The van der Waals surface area contributed by atoms with Gasteiger partial charge >= 0.3 is 0 Å². The third kappa shape index (κ3) is 4.01. The fraction of sp³-hybridized carbons (Fsp3) is 0.368. The number of hydrogen-bond acceptors (Lipinski definition) is 5. The van der Waals surface area contributed by atoms with Gasteiger partial charge < -0.3 is 10.2 Å². The number of aryl methyl sites for hydroxylation is 1. The van der Waals surface area contributed by atoms with Crippen molar-refractivity contribution in [3.63, 3.8) is 0 Å². The molecule has 0 bridgehead atoms. The largest absolute Gasteiger partial charge is 0.354 e. The SMILES string of the molecule is Cc1nnc(N2CCC(C(=O)Nc3ccc(F)c(Cl)c3)CC2)c(C#N)c1C. The van der Waals surface area contributed by atoms with Gasteiger partial charge in [0, 0.05) is 24.7 Å². The van der Waals surface area contributed by atoms with E-state index >= 15 is 0 Å². The third-order valence-electron chi connectivity index (χ3n) is 4.90. The minimum Gasteiger partial charge on any atom is -0.354 e. The second-order valence-corrected chi connectivity index (χ2v) is 7.01. The van der Waals surface area contributed by atoms with Gasteiger partial charge in [0.05, 0.1) is 10.7 Å². The van der Waals surface area contributed by atoms with Gasteiger partial charge in [-0.25, -0.2) is 4.39 Å². The maximum atomic E-state index is 13.2.